The lowest BCUT2D eigenvalue weighted by molar-refractivity contribution is 0.0964. The average molecular weight is 229 g/mol. The SMILES string of the molecule is CNS(=O)(=O)c1[nH]ncc1C(=O)C1CC1. The van der Waals surface area contributed by atoms with Crippen molar-refractivity contribution in [3.05, 3.63) is 11.8 Å². The molecule has 6 nitrogen and oxygen atoms in total. The number of H-pyrrole nitrogens is 1. The summed E-state index contributed by atoms with van der Waals surface area (Å²) in [6.07, 6.45) is 2.94. The third-order valence-corrected chi connectivity index (χ3v) is 3.74. The molecule has 0 aromatic carbocycles. The number of nitrogens with one attached hydrogen (secondary N) is 2. The van der Waals surface area contributed by atoms with Crippen LogP contribution in [0.1, 0.15) is 23.2 Å². The van der Waals surface area contributed by atoms with Crippen molar-refractivity contribution in [3.63, 3.8) is 0 Å². The lowest BCUT2D eigenvalue weighted by Gasteiger charge is -2.01. The molecule has 0 bridgehead atoms. The van der Waals surface area contributed by atoms with Gasteiger partial charge in [-0.25, -0.2) is 13.1 Å². The van der Waals surface area contributed by atoms with E-state index in [9.17, 15) is 13.2 Å². The Balaban J connectivity index is 2.41. The molecule has 2 rings (SSSR count). The Kier molecular flexibility index (Phi) is 2.35. The molecule has 0 amide bonds. The van der Waals surface area contributed by atoms with Gasteiger partial charge < -0.3 is 0 Å². The number of nitrogens with zero attached hydrogens (tertiary/aromatic N) is 1. The molecule has 1 aromatic rings. The summed E-state index contributed by atoms with van der Waals surface area (Å²) in [6, 6.07) is 0. The third-order valence-electron chi connectivity index (χ3n) is 2.36. The molecular formula is C8H11N3O3S. The zero-order valence-electron chi connectivity index (χ0n) is 8.15. The summed E-state index contributed by atoms with van der Waals surface area (Å²) < 4.78 is 25.1. The highest BCUT2D eigenvalue weighted by atomic mass is 32.2. The zero-order valence-corrected chi connectivity index (χ0v) is 8.97. The Bertz CT molecular complexity index is 487. The maximum Gasteiger partial charge on any atom is 0.257 e. The van der Waals surface area contributed by atoms with Gasteiger partial charge in [0.05, 0.1) is 11.8 Å². The monoisotopic (exact) mass is 229 g/mol. The maximum atomic E-state index is 11.7. The topological polar surface area (TPSA) is 91.9 Å². The van der Waals surface area contributed by atoms with Gasteiger partial charge in [-0.3, -0.25) is 9.89 Å². The summed E-state index contributed by atoms with van der Waals surface area (Å²) in [5.41, 5.74) is 0.159. The quantitative estimate of drug-likeness (QED) is 0.706. The second-order valence-corrected chi connectivity index (χ2v) is 5.28. The fourth-order valence-electron chi connectivity index (χ4n) is 1.32. The molecule has 1 fully saturated rings. The number of ketones is 1. The van der Waals surface area contributed by atoms with Crippen LogP contribution in [0.2, 0.25) is 0 Å². The summed E-state index contributed by atoms with van der Waals surface area (Å²) in [6.45, 7) is 0. The van der Waals surface area contributed by atoms with Gasteiger partial charge in [-0.2, -0.15) is 5.10 Å². The Morgan fingerprint density at radius 1 is 1.60 bits per heavy atom. The van der Waals surface area contributed by atoms with Crippen LogP contribution in [0.5, 0.6) is 0 Å². The van der Waals surface area contributed by atoms with Gasteiger partial charge in [-0.05, 0) is 19.9 Å². The largest absolute Gasteiger partial charge is 0.294 e. The number of hydrogen-bond donors (Lipinski definition) is 2. The van der Waals surface area contributed by atoms with Gasteiger partial charge in [0.25, 0.3) is 10.0 Å². The molecule has 7 heteroatoms. The van der Waals surface area contributed by atoms with Gasteiger partial charge in [-0.1, -0.05) is 0 Å². The first kappa shape index (κ1) is 10.3. The number of aromatic amines is 1. The van der Waals surface area contributed by atoms with E-state index >= 15 is 0 Å². The van der Waals surface area contributed by atoms with Gasteiger partial charge in [0.1, 0.15) is 0 Å². The van der Waals surface area contributed by atoms with Crippen LogP contribution in [0.4, 0.5) is 0 Å². The van der Waals surface area contributed by atoms with Gasteiger partial charge in [0.2, 0.25) is 0 Å². The van der Waals surface area contributed by atoms with E-state index in [0.29, 0.717) is 0 Å². The Hall–Kier alpha value is -1.21. The van der Waals surface area contributed by atoms with Crippen molar-refractivity contribution in [1.29, 1.82) is 0 Å². The fourth-order valence-corrected chi connectivity index (χ4v) is 2.14. The van der Waals surface area contributed by atoms with Crippen molar-refractivity contribution in [2.45, 2.75) is 17.9 Å². The number of carbonyl (C=O) groups excluding carboxylic acids is 1. The molecule has 2 N–H and O–H groups in total. The number of carbonyl (C=O) groups is 1. The second-order valence-electron chi connectivity index (χ2n) is 3.46. The molecule has 1 aliphatic carbocycles. The van der Waals surface area contributed by atoms with E-state index in [1.54, 1.807) is 0 Å². The van der Waals surface area contributed by atoms with Gasteiger partial charge in [0.15, 0.2) is 10.8 Å². The fraction of sp³-hybridized carbons (Fsp3) is 0.500. The molecule has 0 aliphatic heterocycles. The van der Waals surface area contributed by atoms with Crippen LogP contribution in [-0.2, 0) is 10.0 Å². The zero-order chi connectivity index (χ0) is 11.1. The molecule has 1 heterocycles. The highest BCUT2D eigenvalue weighted by Gasteiger charge is 2.34. The predicted molar refractivity (Wildman–Crippen MR) is 51.9 cm³/mol. The summed E-state index contributed by atoms with van der Waals surface area (Å²) in [4.78, 5) is 11.7. The van der Waals surface area contributed by atoms with Crippen LogP contribution >= 0.6 is 0 Å². The Morgan fingerprint density at radius 2 is 2.27 bits per heavy atom. The Labute approximate surface area is 87.1 Å². The summed E-state index contributed by atoms with van der Waals surface area (Å²) in [5.74, 6) is -0.161. The number of hydrogen-bond acceptors (Lipinski definition) is 4. The molecule has 0 unspecified atom stereocenters. The average Bonchev–Trinajstić information content (AvgIpc) is 2.93. The molecular weight excluding hydrogens is 218 g/mol. The van der Waals surface area contributed by atoms with Crippen LogP contribution in [0.25, 0.3) is 0 Å². The summed E-state index contributed by atoms with van der Waals surface area (Å²) in [5, 5.41) is 5.80. The van der Waals surface area contributed by atoms with Gasteiger partial charge >= 0.3 is 0 Å². The van der Waals surface area contributed by atoms with Gasteiger partial charge in [0, 0.05) is 5.92 Å². The second kappa shape index (κ2) is 3.42. The van der Waals surface area contributed by atoms with E-state index < -0.39 is 10.0 Å². The minimum Gasteiger partial charge on any atom is -0.294 e. The van der Waals surface area contributed by atoms with Crippen LogP contribution in [-0.4, -0.2) is 31.4 Å². The van der Waals surface area contributed by atoms with Crippen molar-refractivity contribution in [2.75, 3.05) is 7.05 Å². The normalized spacial score (nSPS) is 16.6. The number of sulfonamides is 1. The highest BCUT2D eigenvalue weighted by molar-refractivity contribution is 7.89. The minimum absolute atomic E-state index is 0.0200. The van der Waals surface area contributed by atoms with Crippen LogP contribution < -0.4 is 4.72 Å². The predicted octanol–water partition coefficient (Wildman–Crippen LogP) is -0.0895. The van der Waals surface area contributed by atoms with Crippen molar-refractivity contribution in [1.82, 2.24) is 14.9 Å². The standard InChI is InChI=1S/C8H11N3O3S/c1-9-15(13,14)8-6(4-10-11-8)7(12)5-2-3-5/h4-5,9H,2-3H2,1H3,(H,10,11). The molecule has 1 saturated carbocycles. The smallest absolute Gasteiger partial charge is 0.257 e. The van der Waals surface area contributed by atoms with Crippen molar-refractivity contribution >= 4 is 15.8 Å². The number of rotatable bonds is 4. The minimum atomic E-state index is -3.63. The molecule has 82 valence electrons. The highest BCUT2D eigenvalue weighted by Crippen LogP contribution is 2.33. The molecule has 15 heavy (non-hydrogen) atoms. The van der Waals surface area contributed by atoms with Crippen molar-refractivity contribution in [3.8, 4) is 0 Å². The van der Waals surface area contributed by atoms with E-state index in [2.05, 4.69) is 14.9 Å². The molecule has 0 atom stereocenters. The molecule has 1 aliphatic rings. The summed E-state index contributed by atoms with van der Waals surface area (Å²) >= 11 is 0. The lowest BCUT2D eigenvalue weighted by Crippen LogP contribution is -2.21. The van der Waals surface area contributed by atoms with Crippen molar-refractivity contribution in [2.24, 2.45) is 5.92 Å². The first-order valence-electron chi connectivity index (χ1n) is 4.57. The first-order chi connectivity index (χ1) is 7.06. The van der Waals surface area contributed by atoms with E-state index in [1.807, 2.05) is 0 Å². The van der Waals surface area contributed by atoms with E-state index in [1.165, 1.54) is 13.2 Å². The van der Waals surface area contributed by atoms with Gasteiger partial charge in [-0.15, -0.1) is 0 Å². The maximum absolute atomic E-state index is 11.7. The molecule has 0 spiro atoms. The number of Topliss-reactive ketones (excluding diaryl/α,β-unsaturated/α-hetero) is 1. The van der Waals surface area contributed by atoms with Crippen LogP contribution in [0.3, 0.4) is 0 Å². The van der Waals surface area contributed by atoms with Crippen LogP contribution in [0.15, 0.2) is 11.2 Å². The summed E-state index contributed by atoms with van der Waals surface area (Å²) in [7, 11) is -2.33. The van der Waals surface area contributed by atoms with E-state index in [-0.39, 0.29) is 22.3 Å². The Morgan fingerprint density at radius 3 is 2.80 bits per heavy atom. The molecule has 0 saturated heterocycles. The number of aromatic nitrogens is 2. The first-order valence-corrected chi connectivity index (χ1v) is 6.05. The van der Waals surface area contributed by atoms with E-state index in [4.69, 9.17) is 0 Å². The third kappa shape index (κ3) is 1.80. The molecule has 1 aromatic heterocycles. The van der Waals surface area contributed by atoms with Crippen LogP contribution in [0, 0.1) is 5.92 Å². The van der Waals surface area contributed by atoms with E-state index in [0.717, 1.165) is 12.8 Å². The van der Waals surface area contributed by atoms with Crippen molar-refractivity contribution < 1.29 is 13.2 Å². The lowest BCUT2D eigenvalue weighted by atomic mass is 10.1. The molecule has 0 radical (unpaired) electrons.